The normalized spacial score (nSPS) is 11.7. The lowest BCUT2D eigenvalue weighted by Gasteiger charge is -2.24. The molecule has 0 amide bonds. The molecule has 120 valence electrons. The Hall–Kier alpha value is -1.12. The highest BCUT2D eigenvalue weighted by molar-refractivity contribution is 6.28. The summed E-state index contributed by atoms with van der Waals surface area (Å²) >= 11 is 5.59. The first-order valence-corrected chi connectivity index (χ1v) is 6.61. The van der Waals surface area contributed by atoms with Crippen molar-refractivity contribution in [2.24, 2.45) is 0 Å². The van der Waals surface area contributed by atoms with Crippen molar-refractivity contribution in [2.45, 2.75) is 12.6 Å². The number of halogens is 4. The molecule has 1 aromatic heterocycles. The summed E-state index contributed by atoms with van der Waals surface area (Å²) in [4.78, 5) is 8.73. The van der Waals surface area contributed by atoms with Crippen LogP contribution in [0.1, 0.15) is 12.1 Å². The quantitative estimate of drug-likeness (QED) is 0.542. The van der Waals surface area contributed by atoms with Crippen LogP contribution in [0, 0.1) is 0 Å². The molecule has 0 radical (unpaired) electrons. The van der Waals surface area contributed by atoms with Gasteiger partial charge in [0, 0.05) is 40.0 Å². The van der Waals surface area contributed by atoms with E-state index in [9.17, 15) is 13.2 Å². The summed E-state index contributed by atoms with van der Waals surface area (Å²) in [6, 6.07) is 0.883. The number of anilines is 1. The van der Waals surface area contributed by atoms with Crippen LogP contribution in [-0.4, -0.2) is 50.5 Å². The van der Waals surface area contributed by atoms with Gasteiger partial charge in [-0.25, -0.2) is 9.97 Å². The van der Waals surface area contributed by atoms with E-state index in [1.165, 1.54) is 7.11 Å². The van der Waals surface area contributed by atoms with Crippen LogP contribution >= 0.6 is 11.6 Å². The largest absolute Gasteiger partial charge is 0.433 e. The molecular formula is C12H17ClF3N3O2. The lowest BCUT2D eigenvalue weighted by Crippen LogP contribution is -2.30. The van der Waals surface area contributed by atoms with E-state index in [1.807, 2.05) is 0 Å². The van der Waals surface area contributed by atoms with Crippen LogP contribution in [-0.2, 0) is 15.7 Å². The van der Waals surface area contributed by atoms with Crippen LogP contribution < -0.4 is 4.90 Å². The zero-order valence-electron chi connectivity index (χ0n) is 11.8. The zero-order chi connectivity index (χ0) is 15.9. The summed E-state index contributed by atoms with van der Waals surface area (Å²) in [5, 5.41) is -0.436. The number of aromatic nitrogens is 2. The van der Waals surface area contributed by atoms with Crippen molar-refractivity contribution < 1.29 is 22.6 Å². The third kappa shape index (κ3) is 6.03. The fourth-order valence-electron chi connectivity index (χ4n) is 1.66. The van der Waals surface area contributed by atoms with Gasteiger partial charge in [0.2, 0.25) is 5.28 Å². The molecule has 0 aliphatic carbocycles. The Morgan fingerprint density at radius 3 is 2.38 bits per heavy atom. The molecule has 9 heteroatoms. The maximum atomic E-state index is 12.8. The Balaban J connectivity index is 2.96. The lowest BCUT2D eigenvalue weighted by atomic mass is 10.3. The van der Waals surface area contributed by atoms with Gasteiger partial charge in [0.05, 0.1) is 6.61 Å². The second kappa shape index (κ2) is 8.35. The highest BCUT2D eigenvalue weighted by Crippen LogP contribution is 2.30. The van der Waals surface area contributed by atoms with Gasteiger partial charge in [-0.2, -0.15) is 13.2 Å². The first-order valence-electron chi connectivity index (χ1n) is 6.23. The average Bonchev–Trinajstić information content (AvgIpc) is 2.41. The van der Waals surface area contributed by atoms with Crippen molar-refractivity contribution in [3.8, 4) is 0 Å². The van der Waals surface area contributed by atoms with E-state index in [0.29, 0.717) is 32.7 Å². The summed E-state index contributed by atoms with van der Waals surface area (Å²) in [7, 11) is 3.07. The van der Waals surface area contributed by atoms with Gasteiger partial charge in [-0.05, 0) is 18.0 Å². The molecule has 1 aromatic rings. The van der Waals surface area contributed by atoms with Gasteiger partial charge in [0.1, 0.15) is 5.82 Å². The van der Waals surface area contributed by atoms with Crippen LogP contribution in [0.5, 0.6) is 0 Å². The van der Waals surface area contributed by atoms with Gasteiger partial charge < -0.3 is 14.4 Å². The molecule has 0 aromatic carbocycles. The fourth-order valence-corrected chi connectivity index (χ4v) is 1.83. The molecule has 21 heavy (non-hydrogen) atoms. The van der Waals surface area contributed by atoms with E-state index in [2.05, 4.69) is 9.97 Å². The van der Waals surface area contributed by atoms with Gasteiger partial charge in [-0.1, -0.05) is 0 Å². The van der Waals surface area contributed by atoms with Crippen molar-refractivity contribution in [2.75, 3.05) is 45.4 Å². The standard InChI is InChI=1S/C12H17ClF3N3O2/c1-20-6-3-4-19(5-7-21-2)10-8-9(12(14,15)16)17-11(13)18-10/h8H,3-7H2,1-2H3. The highest BCUT2D eigenvalue weighted by atomic mass is 35.5. The van der Waals surface area contributed by atoms with E-state index in [4.69, 9.17) is 21.1 Å². The van der Waals surface area contributed by atoms with Gasteiger partial charge in [0.25, 0.3) is 0 Å². The smallest absolute Gasteiger partial charge is 0.385 e. The highest BCUT2D eigenvalue weighted by Gasteiger charge is 2.34. The van der Waals surface area contributed by atoms with Crippen molar-refractivity contribution in [3.63, 3.8) is 0 Å². The van der Waals surface area contributed by atoms with E-state index >= 15 is 0 Å². The summed E-state index contributed by atoms with van der Waals surface area (Å²) in [6.45, 7) is 1.72. The third-order valence-corrected chi connectivity index (χ3v) is 2.81. The maximum absolute atomic E-state index is 12.8. The Kier molecular flexibility index (Phi) is 7.13. The molecule has 0 N–H and O–H groups in total. The molecule has 0 spiro atoms. The SMILES string of the molecule is COCCCN(CCOC)c1cc(C(F)(F)F)nc(Cl)n1. The average molecular weight is 328 g/mol. The van der Waals surface area contributed by atoms with Gasteiger partial charge >= 0.3 is 6.18 Å². The first-order chi connectivity index (χ1) is 9.88. The topological polar surface area (TPSA) is 47.5 Å². The Bertz CT molecular complexity index is 446. The Labute approximate surface area is 126 Å². The molecule has 1 rings (SSSR count). The number of ether oxygens (including phenoxy) is 2. The molecular weight excluding hydrogens is 311 g/mol. The minimum atomic E-state index is -4.57. The van der Waals surface area contributed by atoms with Crippen LogP contribution in [0.25, 0.3) is 0 Å². The molecule has 0 saturated heterocycles. The van der Waals surface area contributed by atoms with Gasteiger partial charge in [-0.15, -0.1) is 0 Å². The van der Waals surface area contributed by atoms with Crippen LogP contribution in [0.3, 0.4) is 0 Å². The minimum Gasteiger partial charge on any atom is -0.385 e. The molecule has 1 heterocycles. The van der Waals surface area contributed by atoms with Crippen molar-refractivity contribution in [1.82, 2.24) is 9.97 Å². The van der Waals surface area contributed by atoms with Crippen molar-refractivity contribution in [1.29, 1.82) is 0 Å². The molecule has 0 unspecified atom stereocenters. The van der Waals surface area contributed by atoms with E-state index < -0.39 is 17.2 Å². The van der Waals surface area contributed by atoms with Crippen LogP contribution in [0.4, 0.5) is 19.0 Å². The maximum Gasteiger partial charge on any atom is 0.433 e. The second-order valence-electron chi connectivity index (χ2n) is 4.20. The summed E-state index contributed by atoms with van der Waals surface area (Å²) < 4.78 is 48.2. The third-order valence-electron chi connectivity index (χ3n) is 2.64. The number of hydrogen-bond donors (Lipinski definition) is 0. The summed E-state index contributed by atoms with van der Waals surface area (Å²) in [6.07, 6.45) is -3.93. The monoisotopic (exact) mass is 327 g/mol. The van der Waals surface area contributed by atoms with Crippen LogP contribution in [0.15, 0.2) is 6.07 Å². The molecule has 0 saturated carbocycles. The predicted molar refractivity (Wildman–Crippen MR) is 72.6 cm³/mol. The summed E-state index contributed by atoms with van der Waals surface area (Å²) in [5.41, 5.74) is -1.06. The molecule has 0 fully saturated rings. The zero-order valence-corrected chi connectivity index (χ0v) is 12.5. The number of hydrogen-bond acceptors (Lipinski definition) is 5. The van der Waals surface area contributed by atoms with Crippen molar-refractivity contribution >= 4 is 17.4 Å². The number of rotatable bonds is 8. The Morgan fingerprint density at radius 2 is 1.81 bits per heavy atom. The lowest BCUT2D eigenvalue weighted by molar-refractivity contribution is -0.141. The minimum absolute atomic E-state index is 0.121. The molecule has 0 atom stereocenters. The molecule has 5 nitrogen and oxygen atoms in total. The van der Waals surface area contributed by atoms with E-state index in [-0.39, 0.29) is 5.82 Å². The molecule has 0 aliphatic rings. The fraction of sp³-hybridized carbons (Fsp3) is 0.667. The number of alkyl halides is 3. The number of methoxy groups -OCH3 is 2. The van der Waals surface area contributed by atoms with Crippen molar-refractivity contribution in [3.05, 3.63) is 17.0 Å². The Morgan fingerprint density at radius 1 is 1.14 bits per heavy atom. The molecule has 0 aliphatic heterocycles. The number of nitrogens with zero attached hydrogens (tertiary/aromatic N) is 3. The molecule has 0 bridgehead atoms. The first kappa shape index (κ1) is 17.9. The van der Waals surface area contributed by atoms with E-state index in [0.717, 1.165) is 6.07 Å². The predicted octanol–water partition coefficient (Wildman–Crippen LogP) is 2.64. The second-order valence-corrected chi connectivity index (χ2v) is 4.54. The summed E-state index contributed by atoms with van der Waals surface area (Å²) in [5.74, 6) is 0.121. The van der Waals surface area contributed by atoms with E-state index in [1.54, 1.807) is 12.0 Å². The van der Waals surface area contributed by atoms with Gasteiger partial charge in [-0.3, -0.25) is 0 Å². The van der Waals surface area contributed by atoms with Gasteiger partial charge in [0.15, 0.2) is 5.69 Å². The van der Waals surface area contributed by atoms with Crippen LogP contribution in [0.2, 0.25) is 5.28 Å².